The number of phenols is 1. The number of aromatic hydroxyl groups is 1. The molecule has 2 N–H and O–H groups in total. The van der Waals surface area contributed by atoms with Crippen molar-refractivity contribution in [2.75, 3.05) is 13.1 Å². The Morgan fingerprint density at radius 3 is 2.81 bits per heavy atom. The van der Waals surface area contributed by atoms with Gasteiger partial charge in [0, 0.05) is 13.0 Å². The van der Waals surface area contributed by atoms with E-state index in [0.29, 0.717) is 13.0 Å². The van der Waals surface area contributed by atoms with Gasteiger partial charge in [-0.25, -0.2) is 5.43 Å². The molecule has 0 unspecified atom stereocenters. The lowest BCUT2D eigenvalue weighted by Gasteiger charge is -2.18. The van der Waals surface area contributed by atoms with Gasteiger partial charge in [-0.3, -0.25) is 9.59 Å². The zero-order chi connectivity index (χ0) is 15.1. The lowest BCUT2D eigenvalue weighted by atomic mass is 10.2. The van der Waals surface area contributed by atoms with Gasteiger partial charge in [-0.1, -0.05) is 6.42 Å². The Hall–Kier alpha value is -2.37. The van der Waals surface area contributed by atoms with E-state index in [-0.39, 0.29) is 24.1 Å². The summed E-state index contributed by atoms with van der Waals surface area (Å²) in [6, 6.07) is 6.45. The van der Waals surface area contributed by atoms with Gasteiger partial charge in [-0.15, -0.1) is 0 Å². The van der Waals surface area contributed by atoms with E-state index < -0.39 is 0 Å². The molecular weight excluding hydrogens is 270 g/mol. The summed E-state index contributed by atoms with van der Waals surface area (Å²) in [7, 11) is 0. The third-order valence-electron chi connectivity index (χ3n) is 3.30. The summed E-state index contributed by atoms with van der Waals surface area (Å²) in [4.78, 5) is 25.1. The largest absolute Gasteiger partial charge is 0.508 e. The number of phenolic OH excluding ortho intramolecular Hbond substituents is 1. The van der Waals surface area contributed by atoms with Gasteiger partial charge in [-0.2, -0.15) is 5.10 Å². The van der Waals surface area contributed by atoms with Crippen LogP contribution < -0.4 is 5.43 Å². The molecule has 0 aromatic heterocycles. The topological polar surface area (TPSA) is 82.0 Å². The molecule has 1 aromatic carbocycles. The molecule has 1 aromatic rings. The number of hydrazone groups is 1. The Morgan fingerprint density at radius 2 is 2.05 bits per heavy atom. The van der Waals surface area contributed by atoms with Gasteiger partial charge in [0.1, 0.15) is 12.3 Å². The zero-order valence-electron chi connectivity index (χ0n) is 11.8. The van der Waals surface area contributed by atoms with Crippen LogP contribution in [0.15, 0.2) is 29.4 Å². The van der Waals surface area contributed by atoms with Crippen LogP contribution in [0.25, 0.3) is 0 Å². The van der Waals surface area contributed by atoms with E-state index in [1.807, 2.05) is 0 Å². The normalized spacial score (nSPS) is 16.0. The van der Waals surface area contributed by atoms with Crippen molar-refractivity contribution in [2.45, 2.75) is 25.7 Å². The average Bonchev–Trinajstić information content (AvgIpc) is 2.66. The predicted octanol–water partition coefficient (Wildman–Crippen LogP) is 1.24. The van der Waals surface area contributed by atoms with Crippen LogP contribution in [0.2, 0.25) is 0 Å². The van der Waals surface area contributed by atoms with E-state index in [9.17, 15) is 9.59 Å². The average molecular weight is 289 g/mol. The summed E-state index contributed by atoms with van der Waals surface area (Å²) in [5.41, 5.74) is 3.17. The first-order valence-electron chi connectivity index (χ1n) is 7.04. The first-order valence-corrected chi connectivity index (χ1v) is 7.04. The van der Waals surface area contributed by atoms with Crippen LogP contribution in [-0.2, 0) is 9.59 Å². The van der Waals surface area contributed by atoms with Crippen LogP contribution in [-0.4, -0.2) is 41.1 Å². The molecule has 0 radical (unpaired) electrons. The highest BCUT2D eigenvalue weighted by Gasteiger charge is 2.18. The monoisotopic (exact) mass is 289 g/mol. The van der Waals surface area contributed by atoms with Gasteiger partial charge in [0.25, 0.3) is 5.91 Å². The molecule has 6 heteroatoms. The van der Waals surface area contributed by atoms with E-state index in [2.05, 4.69) is 10.5 Å². The molecule has 6 nitrogen and oxygen atoms in total. The SMILES string of the molecule is O=C(CN1CCCCCC1=O)N/N=C/c1ccc(O)cc1. The molecule has 1 heterocycles. The highest BCUT2D eigenvalue weighted by molar-refractivity contribution is 5.86. The Bertz CT molecular complexity index is 525. The number of carbonyl (C=O) groups excluding carboxylic acids is 2. The zero-order valence-corrected chi connectivity index (χ0v) is 11.8. The summed E-state index contributed by atoms with van der Waals surface area (Å²) < 4.78 is 0. The van der Waals surface area contributed by atoms with Gasteiger partial charge in [0.2, 0.25) is 5.91 Å². The lowest BCUT2D eigenvalue weighted by molar-refractivity contribution is -0.135. The number of hydrogen-bond donors (Lipinski definition) is 2. The van der Waals surface area contributed by atoms with Crippen LogP contribution in [0.5, 0.6) is 5.75 Å². The van der Waals surface area contributed by atoms with Gasteiger partial charge < -0.3 is 10.0 Å². The van der Waals surface area contributed by atoms with Crippen LogP contribution >= 0.6 is 0 Å². The van der Waals surface area contributed by atoms with Crippen molar-refractivity contribution in [1.29, 1.82) is 0 Å². The van der Waals surface area contributed by atoms with E-state index in [4.69, 9.17) is 5.11 Å². The maximum Gasteiger partial charge on any atom is 0.259 e. The van der Waals surface area contributed by atoms with E-state index >= 15 is 0 Å². The third-order valence-corrected chi connectivity index (χ3v) is 3.30. The van der Waals surface area contributed by atoms with E-state index in [0.717, 1.165) is 24.8 Å². The maximum absolute atomic E-state index is 11.8. The maximum atomic E-state index is 11.8. The smallest absolute Gasteiger partial charge is 0.259 e. The predicted molar refractivity (Wildman–Crippen MR) is 78.9 cm³/mol. The van der Waals surface area contributed by atoms with Gasteiger partial charge >= 0.3 is 0 Å². The van der Waals surface area contributed by atoms with Gasteiger partial charge in [0.05, 0.1) is 6.21 Å². The molecule has 0 aliphatic carbocycles. The van der Waals surface area contributed by atoms with Crippen molar-refractivity contribution in [3.05, 3.63) is 29.8 Å². The number of nitrogens with one attached hydrogen (secondary N) is 1. The molecular formula is C15H19N3O3. The fourth-order valence-corrected chi connectivity index (χ4v) is 2.15. The highest BCUT2D eigenvalue weighted by Crippen LogP contribution is 2.10. The van der Waals surface area contributed by atoms with Crippen molar-refractivity contribution in [3.8, 4) is 5.75 Å². The van der Waals surface area contributed by atoms with E-state index in [1.54, 1.807) is 29.2 Å². The highest BCUT2D eigenvalue weighted by atomic mass is 16.3. The van der Waals surface area contributed by atoms with Crippen molar-refractivity contribution in [1.82, 2.24) is 10.3 Å². The first-order chi connectivity index (χ1) is 10.1. The van der Waals surface area contributed by atoms with Crippen LogP contribution in [0.4, 0.5) is 0 Å². The molecule has 21 heavy (non-hydrogen) atoms. The third kappa shape index (κ3) is 4.91. The number of amides is 2. The minimum Gasteiger partial charge on any atom is -0.508 e. The molecule has 0 saturated carbocycles. The lowest BCUT2D eigenvalue weighted by Crippen LogP contribution is -2.39. The Balaban J connectivity index is 1.81. The minimum absolute atomic E-state index is 0.0326. The molecule has 1 aliphatic rings. The van der Waals surface area contributed by atoms with Crippen LogP contribution in [0.1, 0.15) is 31.2 Å². The summed E-state index contributed by atoms with van der Waals surface area (Å²) in [5.74, 6) is -0.0960. The summed E-state index contributed by atoms with van der Waals surface area (Å²) in [6.07, 6.45) is 4.88. The molecule has 2 amide bonds. The second kappa shape index (κ2) is 7.42. The van der Waals surface area contributed by atoms with Crippen molar-refractivity contribution in [2.24, 2.45) is 5.10 Å². The number of hydrogen-bond acceptors (Lipinski definition) is 4. The molecule has 2 rings (SSSR count). The molecule has 0 bridgehead atoms. The van der Waals surface area contributed by atoms with Gasteiger partial charge in [0.15, 0.2) is 0 Å². The van der Waals surface area contributed by atoms with Crippen molar-refractivity contribution < 1.29 is 14.7 Å². The van der Waals surface area contributed by atoms with Gasteiger partial charge in [-0.05, 0) is 42.7 Å². The molecule has 1 saturated heterocycles. The number of carbonyl (C=O) groups is 2. The first kappa shape index (κ1) is 15.0. The number of rotatable bonds is 4. The van der Waals surface area contributed by atoms with Crippen molar-refractivity contribution in [3.63, 3.8) is 0 Å². The fraction of sp³-hybridized carbons (Fsp3) is 0.400. The summed E-state index contributed by atoms with van der Waals surface area (Å²) in [6.45, 7) is 0.680. The molecule has 1 aliphatic heterocycles. The van der Waals surface area contributed by atoms with Crippen molar-refractivity contribution >= 4 is 18.0 Å². The Morgan fingerprint density at radius 1 is 1.29 bits per heavy atom. The summed E-state index contributed by atoms with van der Waals surface area (Å²) in [5, 5.41) is 13.0. The van der Waals surface area contributed by atoms with Crippen LogP contribution in [0, 0.1) is 0 Å². The number of likely N-dealkylation sites (tertiary alicyclic amines) is 1. The minimum atomic E-state index is -0.305. The second-order valence-corrected chi connectivity index (χ2v) is 5.01. The van der Waals surface area contributed by atoms with E-state index in [1.165, 1.54) is 6.21 Å². The summed E-state index contributed by atoms with van der Waals surface area (Å²) >= 11 is 0. The molecule has 112 valence electrons. The Kier molecular flexibility index (Phi) is 5.31. The fourth-order valence-electron chi connectivity index (χ4n) is 2.15. The standard InChI is InChI=1S/C15H19N3O3/c19-13-7-5-12(6-8-13)10-16-17-14(20)11-18-9-3-1-2-4-15(18)21/h5-8,10,19H,1-4,9,11H2,(H,17,20)/b16-10+. The molecule has 1 fully saturated rings. The Labute approximate surface area is 123 Å². The van der Waals surface area contributed by atoms with Crippen LogP contribution in [0.3, 0.4) is 0 Å². The number of benzene rings is 1. The molecule has 0 spiro atoms. The number of nitrogens with zero attached hydrogens (tertiary/aromatic N) is 2. The quantitative estimate of drug-likeness (QED) is 0.646. The second-order valence-electron chi connectivity index (χ2n) is 5.01. The molecule has 0 atom stereocenters.